The van der Waals surface area contributed by atoms with Crippen LogP contribution < -0.4 is 9.47 Å². The van der Waals surface area contributed by atoms with E-state index in [0.29, 0.717) is 22.6 Å². The zero-order valence-electron chi connectivity index (χ0n) is 19.0. The van der Waals surface area contributed by atoms with E-state index in [-0.39, 0.29) is 36.2 Å². The summed E-state index contributed by atoms with van der Waals surface area (Å²) in [6, 6.07) is 28.1. The minimum Gasteiger partial charge on any atom is -0.491 e. The SMILES string of the molecule is O=S(=O)(c1ccc(OCCO)c(-c2ccccc2)c1)c1ccc(OCCO)c(-c2ccccc2)c1. The molecule has 0 aliphatic heterocycles. The highest BCUT2D eigenvalue weighted by Gasteiger charge is 2.22. The molecular formula is C28H26O6S. The Bertz CT molecular complexity index is 1270. The Hall–Kier alpha value is -3.65. The van der Waals surface area contributed by atoms with Crippen LogP contribution in [-0.2, 0) is 9.84 Å². The minimum atomic E-state index is -3.88. The van der Waals surface area contributed by atoms with E-state index in [4.69, 9.17) is 9.47 Å². The Balaban J connectivity index is 1.80. The molecule has 4 aromatic carbocycles. The number of aliphatic hydroxyl groups is 2. The molecule has 0 aromatic heterocycles. The van der Waals surface area contributed by atoms with Crippen molar-refractivity contribution in [1.29, 1.82) is 0 Å². The standard InChI is InChI=1S/C28H26O6S/c29-15-17-33-27-13-11-23(19-25(27)21-7-3-1-4-8-21)35(31,32)24-12-14-28(34-18-16-30)26(20-24)22-9-5-2-6-10-22/h1-14,19-20,29-30H,15-18H2. The Morgan fingerprint density at radius 2 is 0.971 bits per heavy atom. The van der Waals surface area contributed by atoms with E-state index in [1.165, 1.54) is 12.1 Å². The summed E-state index contributed by atoms with van der Waals surface area (Å²) in [5.41, 5.74) is 2.84. The van der Waals surface area contributed by atoms with Crippen molar-refractivity contribution in [1.82, 2.24) is 0 Å². The third-order valence-corrected chi connectivity index (χ3v) is 7.14. The Morgan fingerprint density at radius 1 is 0.571 bits per heavy atom. The van der Waals surface area contributed by atoms with Gasteiger partial charge in [0.25, 0.3) is 0 Å². The van der Waals surface area contributed by atoms with Gasteiger partial charge in [-0.15, -0.1) is 0 Å². The molecule has 0 saturated carbocycles. The zero-order chi connectivity index (χ0) is 24.7. The highest BCUT2D eigenvalue weighted by Crippen LogP contribution is 2.37. The number of rotatable bonds is 10. The molecule has 180 valence electrons. The van der Waals surface area contributed by atoms with Gasteiger partial charge in [-0.3, -0.25) is 0 Å². The van der Waals surface area contributed by atoms with Gasteiger partial charge < -0.3 is 19.7 Å². The summed E-state index contributed by atoms with van der Waals surface area (Å²) in [6.07, 6.45) is 0. The highest BCUT2D eigenvalue weighted by molar-refractivity contribution is 7.91. The Kier molecular flexibility index (Phi) is 7.82. The van der Waals surface area contributed by atoms with E-state index in [1.54, 1.807) is 24.3 Å². The minimum absolute atomic E-state index is 0.0989. The van der Waals surface area contributed by atoms with E-state index in [1.807, 2.05) is 60.7 Å². The predicted octanol–water partition coefficient (Wildman–Crippen LogP) is 4.60. The fourth-order valence-electron chi connectivity index (χ4n) is 3.74. The molecule has 0 saturated heterocycles. The Labute approximate surface area is 205 Å². The van der Waals surface area contributed by atoms with Gasteiger partial charge in [-0.2, -0.15) is 0 Å². The largest absolute Gasteiger partial charge is 0.491 e. The molecular weight excluding hydrogens is 464 g/mol. The monoisotopic (exact) mass is 490 g/mol. The summed E-state index contributed by atoms with van der Waals surface area (Å²) in [6.45, 7) is -0.105. The van der Waals surface area contributed by atoms with Crippen LogP contribution in [0, 0.1) is 0 Å². The van der Waals surface area contributed by atoms with Crippen molar-refractivity contribution in [2.24, 2.45) is 0 Å². The predicted molar refractivity (Wildman–Crippen MR) is 134 cm³/mol. The van der Waals surface area contributed by atoms with Crippen molar-refractivity contribution < 1.29 is 28.1 Å². The molecule has 0 radical (unpaired) electrons. The summed E-state index contributed by atoms with van der Waals surface area (Å²) >= 11 is 0. The first-order valence-corrected chi connectivity index (χ1v) is 12.6. The first-order valence-electron chi connectivity index (χ1n) is 11.2. The van der Waals surface area contributed by atoms with Crippen molar-refractivity contribution in [3.63, 3.8) is 0 Å². The second kappa shape index (κ2) is 11.2. The summed E-state index contributed by atoms with van der Waals surface area (Å²) < 4.78 is 38.7. The van der Waals surface area contributed by atoms with Gasteiger partial charge in [0.15, 0.2) is 0 Å². The van der Waals surface area contributed by atoms with Gasteiger partial charge >= 0.3 is 0 Å². The number of hydrogen-bond acceptors (Lipinski definition) is 6. The summed E-state index contributed by atoms with van der Waals surface area (Å²) in [5.74, 6) is 0.976. The molecule has 4 rings (SSSR count). The van der Waals surface area contributed by atoms with Crippen LogP contribution in [0.5, 0.6) is 11.5 Å². The van der Waals surface area contributed by atoms with Crippen molar-refractivity contribution in [2.75, 3.05) is 26.4 Å². The lowest BCUT2D eigenvalue weighted by molar-refractivity contribution is 0.202. The smallest absolute Gasteiger partial charge is 0.206 e. The first-order chi connectivity index (χ1) is 17.0. The van der Waals surface area contributed by atoms with Gasteiger partial charge in [0.05, 0.1) is 23.0 Å². The maximum Gasteiger partial charge on any atom is 0.206 e. The fourth-order valence-corrected chi connectivity index (χ4v) is 5.05. The lowest BCUT2D eigenvalue weighted by Crippen LogP contribution is -2.07. The molecule has 7 heteroatoms. The van der Waals surface area contributed by atoms with Gasteiger partial charge in [0.2, 0.25) is 9.84 Å². The molecule has 0 atom stereocenters. The molecule has 0 amide bonds. The molecule has 35 heavy (non-hydrogen) atoms. The maximum absolute atomic E-state index is 13.7. The molecule has 0 aliphatic carbocycles. The first kappa shape index (κ1) is 24.5. The van der Waals surface area contributed by atoms with E-state index in [2.05, 4.69) is 0 Å². The van der Waals surface area contributed by atoms with Crippen LogP contribution in [0.25, 0.3) is 22.3 Å². The third kappa shape index (κ3) is 5.54. The molecule has 6 nitrogen and oxygen atoms in total. The number of ether oxygens (including phenoxy) is 2. The molecule has 0 bridgehead atoms. The van der Waals surface area contributed by atoms with Gasteiger partial charge in [-0.25, -0.2) is 8.42 Å². The lowest BCUT2D eigenvalue weighted by atomic mass is 10.0. The fraction of sp³-hybridized carbons (Fsp3) is 0.143. The molecule has 0 unspecified atom stereocenters. The van der Waals surface area contributed by atoms with E-state index >= 15 is 0 Å². The molecule has 2 N–H and O–H groups in total. The number of sulfone groups is 1. The van der Waals surface area contributed by atoms with Gasteiger partial charge in [-0.05, 0) is 47.5 Å². The lowest BCUT2D eigenvalue weighted by Gasteiger charge is -2.15. The van der Waals surface area contributed by atoms with E-state index in [9.17, 15) is 18.6 Å². The molecule has 0 spiro atoms. The summed E-state index contributed by atoms with van der Waals surface area (Å²) in [5, 5.41) is 18.3. The van der Waals surface area contributed by atoms with Crippen LogP contribution >= 0.6 is 0 Å². The van der Waals surface area contributed by atoms with Crippen LogP contribution in [0.1, 0.15) is 0 Å². The maximum atomic E-state index is 13.7. The molecule has 4 aromatic rings. The third-order valence-electron chi connectivity index (χ3n) is 5.39. The quantitative estimate of drug-likeness (QED) is 0.338. The molecule has 0 heterocycles. The average Bonchev–Trinajstić information content (AvgIpc) is 2.91. The van der Waals surface area contributed by atoms with Crippen LogP contribution in [0.2, 0.25) is 0 Å². The normalized spacial score (nSPS) is 11.3. The van der Waals surface area contributed by atoms with Gasteiger partial charge in [0.1, 0.15) is 24.7 Å². The number of benzene rings is 4. The summed E-state index contributed by atoms with van der Waals surface area (Å²) in [4.78, 5) is 0.242. The van der Waals surface area contributed by atoms with Gasteiger partial charge in [0, 0.05) is 11.1 Å². The van der Waals surface area contributed by atoms with Crippen LogP contribution in [0.15, 0.2) is 107 Å². The van der Waals surface area contributed by atoms with Crippen molar-refractivity contribution >= 4 is 9.84 Å². The van der Waals surface area contributed by atoms with Crippen LogP contribution in [0.3, 0.4) is 0 Å². The van der Waals surface area contributed by atoms with Crippen LogP contribution in [0.4, 0.5) is 0 Å². The molecule has 0 aliphatic rings. The van der Waals surface area contributed by atoms with E-state index in [0.717, 1.165) is 11.1 Å². The van der Waals surface area contributed by atoms with E-state index < -0.39 is 9.84 Å². The average molecular weight is 491 g/mol. The van der Waals surface area contributed by atoms with Crippen molar-refractivity contribution in [3.8, 4) is 33.8 Å². The second-order valence-corrected chi connectivity index (χ2v) is 9.65. The van der Waals surface area contributed by atoms with Crippen molar-refractivity contribution in [2.45, 2.75) is 9.79 Å². The highest BCUT2D eigenvalue weighted by atomic mass is 32.2. The topological polar surface area (TPSA) is 93.1 Å². The van der Waals surface area contributed by atoms with Crippen molar-refractivity contribution in [3.05, 3.63) is 97.1 Å². The number of hydrogen-bond donors (Lipinski definition) is 2. The number of aliphatic hydroxyl groups excluding tert-OH is 2. The Morgan fingerprint density at radius 3 is 1.34 bits per heavy atom. The second-order valence-electron chi connectivity index (χ2n) is 7.70. The summed E-state index contributed by atoms with van der Waals surface area (Å²) in [7, 11) is -3.88. The van der Waals surface area contributed by atoms with Crippen LogP contribution in [-0.4, -0.2) is 45.1 Å². The van der Waals surface area contributed by atoms with Gasteiger partial charge in [-0.1, -0.05) is 60.7 Å². The molecule has 0 fully saturated rings. The zero-order valence-corrected chi connectivity index (χ0v) is 19.8.